The van der Waals surface area contributed by atoms with Crippen LogP contribution in [0.25, 0.3) is 17.0 Å². The molecule has 0 aliphatic rings. The number of anilines is 2. The number of carboxylic acid groups (broad SMARTS) is 1. The standard InChI is InChI=1S/C21H16FN5O2/c22-17-3-1-2-14(8-17)12-27-19-6-5-18(9-16(19)11-25-27)26-21-15(4-7-20(28)29)10-23-13-24-21/h1-11,13H,12H2,(H,28,29)(H,23,24,26). The van der Waals surface area contributed by atoms with Gasteiger partial charge in [-0.05, 0) is 42.0 Å². The second kappa shape index (κ2) is 7.89. The minimum atomic E-state index is -1.05. The topological polar surface area (TPSA) is 92.9 Å². The molecule has 0 unspecified atom stereocenters. The number of carboxylic acids is 1. The van der Waals surface area contributed by atoms with E-state index in [1.807, 2.05) is 24.3 Å². The number of carbonyl (C=O) groups is 1. The molecule has 0 bridgehead atoms. The van der Waals surface area contributed by atoms with Crippen molar-refractivity contribution in [2.75, 3.05) is 5.32 Å². The Balaban J connectivity index is 1.59. The molecule has 2 aromatic heterocycles. The summed E-state index contributed by atoms with van der Waals surface area (Å²) in [4.78, 5) is 18.9. The summed E-state index contributed by atoms with van der Waals surface area (Å²) in [6.07, 6.45) is 7.12. The molecule has 0 aliphatic heterocycles. The molecular weight excluding hydrogens is 373 g/mol. The van der Waals surface area contributed by atoms with Crippen molar-refractivity contribution in [3.8, 4) is 0 Å². The van der Waals surface area contributed by atoms with Crippen molar-refractivity contribution in [3.05, 3.63) is 84.2 Å². The van der Waals surface area contributed by atoms with Gasteiger partial charge in [0.05, 0.1) is 18.3 Å². The SMILES string of the molecule is O=C(O)C=Cc1cncnc1Nc1ccc2c(cnn2Cc2cccc(F)c2)c1. The fraction of sp³-hybridized carbons (Fsp3) is 0.0476. The van der Waals surface area contributed by atoms with Crippen LogP contribution in [-0.2, 0) is 11.3 Å². The lowest BCUT2D eigenvalue weighted by molar-refractivity contribution is -0.131. The van der Waals surface area contributed by atoms with Gasteiger partial charge in [0, 0.05) is 28.9 Å². The van der Waals surface area contributed by atoms with Crippen LogP contribution in [0.4, 0.5) is 15.9 Å². The number of hydrogen-bond donors (Lipinski definition) is 2. The maximum Gasteiger partial charge on any atom is 0.328 e. The van der Waals surface area contributed by atoms with E-state index in [1.54, 1.807) is 16.9 Å². The molecular formula is C21H16FN5O2. The zero-order valence-electron chi connectivity index (χ0n) is 15.2. The van der Waals surface area contributed by atoms with E-state index < -0.39 is 5.97 Å². The van der Waals surface area contributed by atoms with E-state index in [4.69, 9.17) is 5.11 Å². The van der Waals surface area contributed by atoms with Crippen LogP contribution in [0.1, 0.15) is 11.1 Å². The average molecular weight is 389 g/mol. The number of fused-ring (bicyclic) bond motifs is 1. The lowest BCUT2D eigenvalue weighted by Crippen LogP contribution is -2.02. The van der Waals surface area contributed by atoms with Crippen LogP contribution in [-0.4, -0.2) is 30.8 Å². The molecule has 29 heavy (non-hydrogen) atoms. The first-order valence-corrected chi connectivity index (χ1v) is 8.76. The molecule has 144 valence electrons. The van der Waals surface area contributed by atoms with Crippen molar-refractivity contribution in [2.45, 2.75) is 6.54 Å². The summed E-state index contributed by atoms with van der Waals surface area (Å²) in [5.41, 5.74) is 3.06. The van der Waals surface area contributed by atoms with Gasteiger partial charge in [-0.15, -0.1) is 0 Å². The maximum absolute atomic E-state index is 13.4. The van der Waals surface area contributed by atoms with E-state index in [0.717, 1.165) is 28.2 Å². The number of benzene rings is 2. The minimum absolute atomic E-state index is 0.275. The first-order chi connectivity index (χ1) is 14.1. The Morgan fingerprint density at radius 2 is 2.10 bits per heavy atom. The van der Waals surface area contributed by atoms with Gasteiger partial charge in [0.1, 0.15) is 18.0 Å². The Morgan fingerprint density at radius 1 is 1.21 bits per heavy atom. The first kappa shape index (κ1) is 18.3. The van der Waals surface area contributed by atoms with Crippen molar-refractivity contribution >= 4 is 34.5 Å². The zero-order chi connectivity index (χ0) is 20.2. The first-order valence-electron chi connectivity index (χ1n) is 8.76. The monoisotopic (exact) mass is 389 g/mol. The lowest BCUT2D eigenvalue weighted by Gasteiger charge is -2.09. The van der Waals surface area contributed by atoms with Gasteiger partial charge in [-0.2, -0.15) is 5.10 Å². The van der Waals surface area contributed by atoms with Gasteiger partial charge < -0.3 is 10.4 Å². The lowest BCUT2D eigenvalue weighted by atomic mass is 10.2. The molecule has 0 saturated carbocycles. The molecule has 0 atom stereocenters. The highest BCUT2D eigenvalue weighted by Crippen LogP contribution is 2.24. The summed E-state index contributed by atoms with van der Waals surface area (Å²) >= 11 is 0. The van der Waals surface area contributed by atoms with Crippen LogP contribution in [0, 0.1) is 5.82 Å². The average Bonchev–Trinajstić information content (AvgIpc) is 3.09. The fourth-order valence-electron chi connectivity index (χ4n) is 2.96. The van der Waals surface area contributed by atoms with Crippen LogP contribution >= 0.6 is 0 Å². The maximum atomic E-state index is 13.4. The van der Waals surface area contributed by atoms with Crippen LogP contribution < -0.4 is 5.32 Å². The van der Waals surface area contributed by atoms with E-state index in [0.29, 0.717) is 17.9 Å². The molecule has 0 aliphatic carbocycles. The smallest absolute Gasteiger partial charge is 0.328 e. The summed E-state index contributed by atoms with van der Waals surface area (Å²) in [5, 5.41) is 17.3. The molecule has 0 fully saturated rings. The molecule has 2 aromatic carbocycles. The predicted octanol–water partition coefficient (Wildman–Crippen LogP) is 3.86. The largest absolute Gasteiger partial charge is 0.478 e. The third-order valence-corrected chi connectivity index (χ3v) is 4.27. The molecule has 4 aromatic rings. The van der Waals surface area contributed by atoms with Gasteiger partial charge in [-0.1, -0.05) is 12.1 Å². The zero-order valence-corrected chi connectivity index (χ0v) is 15.2. The van der Waals surface area contributed by atoms with Crippen molar-refractivity contribution in [1.29, 1.82) is 0 Å². The normalized spacial score (nSPS) is 11.2. The Labute approximate surface area is 165 Å². The third kappa shape index (κ3) is 4.27. The highest BCUT2D eigenvalue weighted by atomic mass is 19.1. The second-order valence-electron chi connectivity index (χ2n) is 6.33. The Hall–Kier alpha value is -4.07. The number of halogens is 1. The predicted molar refractivity (Wildman–Crippen MR) is 107 cm³/mol. The summed E-state index contributed by atoms with van der Waals surface area (Å²) in [6.45, 7) is 0.462. The molecule has 2 N–H and O–H groups in total. The number of rotatable bonds is 6. The fourth-order valence-corrected chi connectivity index (χ4v) is 2.96. The Kier molecular flexibility index (Phi) is 4.98. The number of nitrogens with zero attached hydrogens (tertiary/aromatic N) is 4. The van der Waals surface area contributed by atoms with E-state index in [2.05, 4.69) is 20.4 Å². The molecule has 0 amide bonds. The van der Waals surface area contributed by atoms with Crippen molar-refractivity contribution in [1.82, 2.24) is 19.7 Å². The second-order valence-corrected chi connectivity index (χ2v) is 6.33. The van der Waals surface area contributed by atoms with Crippen molar-refractivity contribution in [3.63, 3.8) is 0 Å². The number of aliphatic carboxylic acids is 1. The van der Waals surface area contributed by atoms with Gasteiger partial charge in [0.15, 0.2) is 0 Å². The summed E-state index contributed by atoms with van der Waals surface area (Å²) in [5.74, 6) is -0.834. The summed E-state index contributed by atoms with van der Waals surface area (Å²) in [6, 6.07) is 12.1. The molecule has 2 heterocycles. The van der Waals surface area contributed by atoms with Gasteiger partial charge in [0.2, 0.25) is 0 Å². The van der Waals surface area contributed by atoms with Crippen LogP contribution in [0.15, 0.2) is 67.3 Å². The minimum Gasteiger partial charge on any atom is -0.478 e. The Bertz CT molecular complexity index is 1220. The molecule has 0 radical (unpaired) electrons. The van der Waals surface area contributed by atoms with Gasteiger partial charge in [-0.25, -0.2) is 19.2 Å². The molecule has 0 saturated heterocycles. The van der Waals surface area contributed by atoms with Crippen molar-refractivity contribution < 1.29 is 14.3 Å². The van der Waals surface area contributed by atoms with Crippen LogP contribution in [0.3, 0.4) is 0 Å². The number of aromatic nitrogens is 4. The van der Waals surface area contributed by atoms with E-state index in [9.17, 15) is 9.18 Å². The van der Waals surface area contributed by atoms with Gasteiger partial charge in [-0.3, -0.25) is 4.68 Å². The van der Waals surface area contributed by atoms with E-state index >= 15 is 0 Å². The highest BCUT2D eigenvalue weighted by Gasteiger charge is 2.07. The molecule has 8 heteroatoms. The van der Waals surface area contributed by atoms with Gasteiger partial charge in [0.25, 0.3) is 0 Å². The number of hydrogen-bond acceptors (Lipinski definition) is 5. The van der Waals surface area contributed by atoms with Gasteiger partial charge >= 0.3 is 5.97 Å². The third-order valence-electron chi connectivity index (χ3n) is 4.27. The summed E-state index contributed by atoms with van der Waals surface area (Å²) in [7, 11) is 0. The molecule has 4 rings (SSSR count). The summed E-state index contributed by atoms with van der Waals surface area (Å²) < 4.78 is 15.2. The van der Waals surface area contributed by atoms with E-state index in [1.165, 1.54) is 30.7 Å². The van der Waals surface area contributed by atoms with Crippen LogP contribution in [0.5, 0.6) is 0 Å². The number of nitrogens with one attached hydrogen (secondary N) is 1. The highest BCUT2D eigenvalue weighted by molar-refractivity contribution is 5.87. The Morgan fingerprint density at radius 3 is 2.93 bits per heavy atom. The van der Waals surface area contributed by atoms with E-state index in [-0.39, 0.29) is 5.82 Å². The van der Waals surface area contributed by atoms with Crippen molar-refractivity contribution in [2.24, 2.45) is 0 Å². The van der Waals surface area contributed by atoms with Crippen LogP contribution in [0.2, 0.25) is 0 Å². The quantitative estimate of drug-likeness (QED) is 0.487. The molecule has 7 nitrogen and oxygen atoms in total. The molecule has 0 spiro atoms.